The van der Waals surface area contributed by atoms with Crippen molar-refractivity contribution in [3.05, 3.63) is 65.7 Å². The second kappa shape index (κ2) is 12.6. The predicted octanol–water partition coefficient (Wildman–Crippen LogP) is 3.87. The van der Waals surface area contributed by atoms with Crippen LogP contribution >= 0.6 is 0 Å². The maximum absolute atomic E-state index is 13.4. The molecule has 0 aliphatic carbocycles. The van der Waals surface area contributed by atoms with Crippen LogP contribution in [0, 0.1) is 6.92 Å². The fourth-order valence-electron chi connectivity index (χ4n) is 3.91. The van der Waals surface area contributed by atoms with Crippen LogP contribution in [0.1, 0.15) is 51.2 Å². The van der Waals surface area contributed by atoms with Crippen LogP contribution in [-0.4, -0.2) is 50.0 Å². The second-order valence-electron chi connectivity index (χ2n) is 8.87. The van der Waals surface area contributed by atoms with Crippen molar-refractivity contribution in [2.24, 2.45) is 0 Å². The van der Waals surface area contributed by atoms with Crippen molar-refractivity contribution in [2.75, 3.05) is 17.1 Å². The lowest BCUT2D eigenvalue weighted by atomic mass is 10.1. The van der Waals surface area contributed by atoms with Gasteiger partial charge in [-0.1, -0.05) is 55.0 Å². The largest absolute Gasteiger partial charge is 0.352 e. The van der Waals surface area contributed by atoms with Crippen LogP contribution in [0.2, 0.25) is 0 Å². The van der Waals surface area contributed by atoms with Crippen molar-refractivity contribution < 1.29 is 18.0 Å². The van der Waals surface area contributed by atoms with Crippen molar-refractivity contribution in [3.8, 4) is 0 Å². The first kappa shape index (κ1) is 27.4. The van der Waals surface area contributed by atoms with E-state index in [1.165, 1.54) is 4.31 Å². The number of carbonyl (C=O) groups is 2. The zero-order valence-electron chi connectivity index (χ0n) is 20.8. The molecule has 0 spiro atoms. The van der Waals surface area contributed by atoms with E-state index >= 15 is 0 Å². The van der Waals surface area contributed by atoms with Gasteiger partial charge < -0.3 is 10.2 Å². The molecule has 0 aromatic heterocycles. The number of hydrogen-bond acceptors (Lipinski definition) is 4. The molecule has 2 amide bonds. The molecular weight excluding hydrogens is 450 g/mol. The maximum atomic E-state index is 13.4. The number of anilines is 1. The maximum Gasteiger partial charge on any atom is 0.243 e. The monoisotopic (exact) mass is 487 g/mol. The number of amides is 2. The summed E-state index contributed by atoms with van der Waals surface area (Å²) < 4.78 is 26.0. The van der Waals surface area contributed by atoms with Gasteiger partial charge in [-0.2, -0.15) is 0 Å². The summed E-state index contributed by atoms with van der Waals surface area (Å²) in [5.74, 6) is -0.352. The van der Waals surface area contributed by atoms with Gasteiger partial charge in [-0.3, -0.25) is 13.9 Å². The fraction of sp³-hybridized carbons (Fsp3) is 0.462. The summed E-state index contributed by atoms with van der Waals surface area (Å²) in [6.07, 6.45) is 2.12. The lowest BCUT2D eigenvalue weighted by molar-refractivity contribution is -0.141. The number of carbonyl (C=O) groups excluding carboxylic acids is 2. The number of rotatable bonds is 12. The first-order chi connectivity index (χ1) is 16.0. The molecule has 0 aliphatic heterocycles. The number of hydrogen-bond donors (Lipinski definition) is 1. The van der Waals surface area contributed by atoms with Gasteiger partial charge in [0.1, 0.15) is 6.04 Å². The first-order valence-electron chi connectivity index (χ1n) is 11.7. The van der Waals surface area contributed by atoms with Gasteiger partial charge in [0, 0.05) is 25.6 Å². The Morgan fingerprint density at radius 2 is 1.71 bits per heavy atom. The average molecular weight is 488 g/mol. The van der Waals surface area contributed by atoms with Gasteiger partial charge in [0.2, 0.25) is 21.8 Å². The summed E-state index contributed by atoms with van der Waals surface area (Å²) in [7, 11) is -3.49. The molecule has 2 aromatic rings. The van der Waals surface area contributed by atoms with Gasteiger partial charge in [0.25, 0.3) is 0 Å². The number of nitrogens with one attached hydrogen (secondary N) is 1. The van der Waals surface area contributed by atoms with Crippen molar-refractivity contribution in [1.82, 2.24) is 10.2 Å². The standard InChI is InChI=1S/C26H37N3O4S/c1-6-24(26(31)27-20(2)3)28(19-22-13-10-12-21(4)18-22)25(30)16-11-17-29(34(5,32)33)23-14-8-7-9-15-23/h7-10,12-15,18,20,24H,6,11,16-17,19H2,1-5H3,(H,27,31)/t24-/m1/s1. The van der Waals surface area contributed by atoms with Gasteiger partial charge in [0.15, 0.2) is 0 Å². The van der Waals surface area contributed by atoms with Crippen molar-refractivity contribution in [2.45, 2.75) is 65.6 Å². The van der Waals surface area contributed by atoms with E-state index in [-0.39, 0.29) is 30.8 Å². The quantitative estimate of drug-likeness (QED) is 0.492. The van der Waals surface area contributed by atoms with Gasteiger partial charge >= 0.3 is 0 Å². The van der Waals surface area contributed by atoms with Gasteiger partial charge in [0.05, 0.1) is 11.9 Å². The summed E-state index contributed by atoms with van der Waals surface area (Å²) in [6.45, 7) is 8.16. The zero-order valence-corrected chi connectivity index (χ0v) is 21.6. The number of aryl methyl sites for hydroxylation is 1. The molecule has 0 heterocycles. The number of benzene rings is 2. The molecule has 1 N–H and O–H groups in total. The highest BCUT2D eigenvalue weighted by Crippen LogP contribution is 2.19. The van der Waals surface area contributed by atoms with E-state index in [1.807, 2.05) is 58.0 Å². The Kier molecular flexibility index (Phi) is 10.1. The number of para-hydroxylation sites is 1. The van der Waals surface area contributed by atoms with E-state index in [9.17, 15) is 18.0 Å². The van der Waals surface area contributed by atoms with Crippen LogP contribution in [0.5, 0.6) is 0 Å². The predicted molar refractivity (Wildman–Crippen MR) is 137 cm³/mol. The molecule has 0 bridgehead atoms. The van der Waals surface area contributed by atoms with Crippen molar-refractivity contribution in [1.29, 1.82) is 0 Å². The van der Waals surface area contributed by atoms with Crippen LogP contribution in [0.15, 0.2) is 54.6 Å². The van der Waals surface area contributed by atoms with Crippen LogP contribution in [0.25, 0.3) is 0 Å². The molecule has 8 heteroatoms. The van der Waals surface area contributed by atoms with E-state index in [1.54, 1.807) is 29.2 Å². The molecule has 0 aliphatic rings. The van der Waals surface area contributed by atoms with Crippen LogP contribution in [0.4, 0.5) is 5.69 Å². The van der Waals surface area contributed by atoms with E-state index in [2.05, 4.69) is 5.32 Å². The molecule has 0 fully saturated rings. The highest BCUT2D eigenvalue weighted by Gasteiger charge is 2.29. The minimum atomic E-state index is -3.49. The number of nitrogens with zero attached hydrogens (tertiary/aromatic N) is 2. The summed E-state index contributed by atoms with van der Waals surface area (Å²) in [4.78, 5) is 27.9. The Morgan fingerprint density at radius 3 is 2.26 bits per heavy atom. The smallest absolute Gasteiger partial charge is 0.243 e. The lowest BCUT2D eigenvalue weighted by Gasteiger charge is -2.31. The molecular formula is C26H37N3O4S. The van der Waals surface area contributed by atoms with E-state index < -0.39 is 16.1 Å². The Labute approximate surface area is 204 Å². The summed E-state index contributed by atoms with van der Waals surface area (Å²) in [5.41, 5.74) is 2.60. The molecule has 0 saturated carbocycles. The Bertz CT molecular complexity index is 1050. The van der Waals surface area contributed by atoms with Crippen LogP contribution < -0.4 is 9.62 Å². The zero-order chi connectivity index (χ0) is 25.3. The van der Waals surface area contributed by atoms with E-state index in [0.717, 1.165) is 17.4 Å². The Morgan fingerprint density at radius 1 is 1.03 bits per heavy atom. The molecule has 0 saturated heterocycles. The van der Waals surface area contributed by atoms with Crippen LogP contribution in [0.3, 0.4) is 0 Å². The normalized spacial score (nSPS) is 12.3. The highest BCUT2D eigenvalue weighted by atomic mass is 32.2. The molecule has 0 unspecified atom stereocenters. The summed E-state index contributed by atoms with van der Waals surface area (Å²) >= 11 is 0. The lowest BCUT2D eigenvalue weighted by Crippen LogP contribution is -2.50. The minimum absolute atomic E-state index is 0.0355. The summed E-state index contributed by atoms with van der Waals surface area (Å²) in [6, 6.07) is 16.1. The van der Waals surface area contributed by atoms with Gasteiger partial charge in [-0.15, -0.1) is 0 Å². The molecule has 2 aromatic carbocycles. The van der Waals surface area contributed by atoms with Crippen LogP contribution in [-0.2, 0) is 26.2 Å². The second-order valence-corrected chi connectivity index (χ2v) is 10.8. The Hall–Kier alpha value is -2.87. The molecule has 34 heavy (non-hydrogen) atoms. The van der Waals surface area contributed by atoms with Crippen molar-refractivity contribution in [3.63, 3.8) is 0 Å². The van der Waals surface area contributed by atoms with E-state index in [4.69, 9.17) is 0 Å². The highest BCUT2D eigenvalue weighted by molar-refractivity contribution is 7.92. The van der Waals surface area contributed by atoms with Gasteiger partial charge in [-0.25, -0.2) is 8.42 Å². The topological polar surface area (TPSA) is 86.8 Å². The third-order valence-electron chi connectivity index (χ3n) is 5.45. The third kappa shape index (κ3) is 8.17. The molecule has 0 radical (unpaired) electrons. The molecule has 186 valence electrons. The Balaban J connectivity index is 2.20. The third-order valence-corrected chi connectivity index (χ3v) is 6.64. The molecule has 2 rings (SSSR count). The first-order valence-corrected chi connectivity index (χ1v) is 13.6. The molecule has 1 atom stereocenters. The average Bonchev–Trinajstić information content (AvgIpc) is 2.75. The van der Waals surface area contributed by atoms with Crippen molar-refractivity contribution >= 4 is 27.5 Å². The van der Waals surface area contributed by atoms with E-state index in [0.29, 0.717) is 25.1 Å². The van der Waals surface area contributed by atoms with Gasteiger partial charge in [-0.05, 0) is 51.3 Å². The minimum Gasteiger partial charge on any atom is -0.352 e. The fourth-order valence-corrected chi connectivity index (χ4v) is 4.87. The molecule has 7 nitrogen and oxygen atoms in total. The number of sulfonamides is 1. The SMILES string of the molecule is CC[C@H](C(=O)NC(C)C)N(Cc1cccc(C)c1)C(=O)CCCN(c1ccccc1)S(C)(=O)=O. The summed E-state index contributed by atoms with van der Waals surface area (Å²) in [5, 5.41) is 2.92.